The molecule has 5 heteroatoms. The number of rotatable bonds is 2. The molecule has 0 aromatic carbocycles. The quantitative estimate of drug-likeness (QED) is 0.817. The number of hydrogen-bond donors (Lipinski definition) is 2. The fraction of sp³-hybridized carbons (Fsp3) is 0.867. The topological polar surface area (TPSA) is 69.6 Å². The van der Waals surface area contributed by atoms with Crippen LogP contribution in [-0.2, 0) is 4.79 Å². The molecule has 2 fully saturated rings. The molecule has 1 aliphatic carbocycles. The van der Waals surface area contributed by atoms with Crippen LogP contribution < -0.4 is 5.32 Å². The second-order valence-electron chi connectivity index (χ2n) is 6.47. The van der Waals surface area contributed by atoms with Crippen LogP contribution >= 0.6 is 0 Å². The molecule has 2 N–H and O–H groups in total. The van der Waals surface area contributed by atoms with Crippen LogP contribution in [0.3, 0.4) is 0 Å². The molecule has 20 heavy (non-hydrogen) atoms. The zero-order chi connectivity index (χ0) is 14.7. The van der Waals surface area contributed by atoms with Crippen molar-refractivity contribution in [2.75, 3.05) is 6.54 Å². The van der Waals surface area contributed by atoms with Gasteiger partial charge in [0, 0.05) is 18.6 Å². The van der Waals surface area contributed by atoms with Gasteiger partial charge >= 0.3 is 12.0 Å². The number of carbonyl (C=O) groups excluding carboxylic acids is 1. The first kappa shape index (κ1) is 15.1. The Morgan fingerprint density at radius 1 is 1.10 bits per heavy atom. The summed E-state index contributed by atoms with van der Waals surface area (Å²) in [4.78, 5) is 25.6. The number of nitrogens with one attached hydrogen (secondary N) is 1. The van der Waals surface area contributed by atoms with E-state index in [1.54, 1.807) is 0 Å². The van der Waals surface area contributed by atoms with Crippen molar-refractivity contribution < 1.29 is 14.7 Å². The Hall–Kier alpha value is -1.26. The molecular weight excluding hydrogens is 256 g/mol. The number of amides is 2. The second kappa shape index (κ2) is 6.46. The summed E-state index contributed by atoms with van der Waals surface area (Å²) in [5, 5.41) is 12.2. The Kier molecular flexibility index (Phi) is 4.89. The highest BCUT2D eigenvalue weighted by atomic mass is 16.4. The Morgan fingerprint density at radius 2 is 1.80 bits per heavy atom. The third-order valence-corrected chi connectivity index (χ3v) is 4.77. The van der Waals surface area contributed by atoms with Gasteiger partial charge < -0.3 is 15.3 Å². The molecule has 1 heterocycles. The van der Waals surface area contributed by atoms with Crippen LogP contribution in [0.4, 0.5) is 4.79 Å². The monoisotopic (exact) mass is 282 g/mol. The molecular formula is C15H26N2O3. The van der Waals surface area contributed by atoms with E-state index in [0.717, 1.165) is 38.6 Å². The van der Waals surface area contributed by atoms with Crippen LogP contribution in [0.2, 0.25) is 0 Å². The van der Waals surface area contributed by atoms with Crippen LogP contribution in [0.25, 0.3) is 0 Å². The number of likely N-dealkylation sites (tertiary alicyclic amines) is 1. The summed E-state index contributed by atoms with van der Waals surface area (Å²) in [6.07, 6.45) is 5.58. The maximum atomic E-state index is 12.4. The number of hydrogen-bond acceptors (Lipinski definition) is 2. The van der Waals surface area contributed by atoms with Gasteiger partial charge in [-0.3, -0.25) is 4.79 Å². The number of aliphatic carboxylic acids is 1. The molecule has 0 aromatic heterocycles. The molecule has 1 saturated heterocycles. The highest BCUT2D eigenvalue weighted by Crippen LogP contribution is 2.26. The SMILES string of the molecule is CC1CCC(C)N(C(=O)NC2CCCCC2C(=O)O)C1. The number of carbonyl (C=O) groups is 2. The van der Waals surface area contributed by atoms with Gasteiger partial charge in [-0.15, -0.1) is 0 Å². The number of urea groups is 1. The van der Waals surface area contributed by atoms with Crippen molar-refractivity contribution in [3.63, 3.8) is 0 Å². The van der Waals surface area contributed by atoms with Crippen molar-refractivity contribution in [3.05, 3.63) is 0 Å². The van der Waals surface area contributed by atoms with Gasteiger partial charge in [-0.2, -0.15) is 0 Å². The second-order valence-corrected chi connectivity index (χ2v) is 6.47. The maximum Gasteiger partial charge on any atom is 0.317 e. The van der Waals surface area contributed by atoms with Gasteiger partial charge in [-0.25, -0.2) is 4.79 Å². The Balaban J connectivity index is 1.96. The minimum Gasteiger partial charge on any atom is -0.481 e. The van der Waals surface area contributed by atoms with Gasteiger partial charge in [0.25, 0.3) is 0 Å². The molecule has 1 saturated carbocycles. The summed E-state index contributed by atoms with van der Waals surface area (Å²) >= 11 is 0. The van der Waals surface area contributed by atoms with E-state index in [1.807, 2.05) is 4.90 Å². The Morgan fingerprint density at radius 3 is 2.50 bits per heavy atom. The zero-order valence-corrected chi connectivity index (χ0v) is 12.5. The molecule has 2 amide bonds. The first-order chi connectivity index (χ1) is 9.49. The van der Waals surface area contributed by atoms with E-state index < -0.39 is 11.9 Å². The van der Waals surface area contributed by atoms with Gasteiger partial charge in [0.05, 0.1) is 5.92 Å². The molecule has 4 atom stereocenters. The lowest BCUT2D eigenvalue weighted by atomic mass is 9.84. The largest absolute Gasteiger partial charge is 0.481 e. The Bertz CT molecular complexity index is 372. The predicted octanol–water partition coefficient (Wildman–Crippen LogP) is 2.46. The maximum absolute atomic E-state index is 12.4. The fourth-order valence-electron chi connectivity index (χ4n) is 3.41. The molecule has 0 bridgehead atoms. The molecule has 5 nitrogen and oxygen atoms in total. The van der Waals surface area contributed by atoms with E-state index in [2.05, 4.69) is 19.2 Å². The zero-order valence-electron chi connectivity index (χ0n) is 12.5. The first-order valence-corrected chi connectivity index (χ1v) is 7.79. The van der Waals surface area contributed by atoms with Gasteiger partial charge in [-0.1, -0.05) is 19.8 Å². The third kappa shape index (κ3) is 3.44. The van der Waals surface area contributed by atoms with Crippen LogP contribution in [0.15, 0.2) is 0 Å². The van der Waals surface area contributed by atoms with Crippen LogP contribution in [0, 0.1) is 11.8 Å². The van der Waals surface area contributed by atoms with Crippen molar-refractivity contribution in [1.29, 1.82) is 0 Å². The average molecular weight is 282 g/mol. The number of piperidine rings is 1. The van der Waals surface area contributed by atoms with Crippen molar-refractivity contribution in [2.45, 2.75) is 64.5 Å². The van der Waals surface area contributed by atoms with Gasteiger partial charge in [-0.05, 0) is 38.5 Å². The van der Waals surface area contributed by atoms with E-state index in [9.17, 15) is 14.7 Å². The molecule has 0 aromatic rings. The molecule has 2 aliphatic rings. The number of nitrogens with zero attached hydrogens (tertiary/aromatic N) is 1. The molecule has 114 valence electrons. The summed E-state index contributed by atoms with van der Waals surface area (Å²) in [5.74, 6) is -0.682. The molecule has 2 rings (SSSR count). The molecule has 1 aliphatic heterocycles. The smallest absolute Gasteiger partial charge is 0.317 e. The van der Waals surface area contributed by atoms with Crippen molar-refractivity contribution in [3.8, 4) is 0 Å². The van der Waals surface area contributed by atoms with Crippen molar-refractivity contribution >= 4 is 12.0 Å². The Labute approximate surface area is 120 Å². The summed E-state index contributed by atoms with van der Waals surface area (Å²) in [6.45, 7) is 5.01. The van der Waals surface area contributed by atoms with Crippen molar-refractivity contribution in [2.24, 2.45) is 11.8 Å². The normalized spacial score (nSPS) is 34.6. The van der Waals surface area contributed by atoms with Crippen molar-refractivity contribution in [1.82, 2.24) is 10.2 Å². The minimum absolute atomic E-state index is 0.0813. The van der Waals surface area contributed by atoms with Crippen LogP contribution in [-0.4, -0.2) is 40.6 Å². The van der Waals surface area contributed by atoms with Gasteiger partial charge in [0.2, 0.25) is 0 Å². The first-order valence-electron chi connectivity index (χ1n) is 7.79. The number of carboxylic acids is 1. The van der Waals surface area contributed by atoms with E-state index in [0.29, 0.717) is 12.3 Å². The predicted molar refractivity (Wildman–Crippen MR) is 76.5 cm³/mol. The fourth-order valence-corrected chi connectivity index (χ4v) is 3.41. The van der Waals surface area contributed by atoms with Gasteiger partial charge in [0.15, 0.2) is 0 Å². The summed E-state index contributed by atoms with van der Waals surface area (Å²) < 4.78 is 0. The average Bonchev–Trinajstić information content (AvgIpc) is 2.41. The van der Waals surface area contributed by atoms with E-state index in [1.165, 1.54) is 0 Å². The van der Waals surface area contributed by atoms with E-state index in [4.69, 9.17) is 0 Å². The molecule has 0 spiro atoms. The molecule has 0 radical (unpaired) electrons. The third-order valence-electron chi connectivity index (χ3n) is 4.77. The lowest BCUT2D eigenvalue weighted by Crippen LogP contribution is -2.54. The lowest BCUT2D eigenvalue weighted by Gasteiger charge is -2.39. The van der Waals surface area contributed by atoms with E-state index >= 15 is 0 Å². The highest BCUT2D eigenvalue weighted by molar-refractivity contribution is 5.77. The lowest BCUT2D eigenvalue weighted by molar-refractivity contribution is -0.143. The minimum atomic E-state index is -0.782. The van der Waals surface area contributed by atoms with Crippen LogP contribution in [0.5, 0.6) is 0 Å². The summed E-state index contributed by atoms with van der Waals surface area (Å²) in [7, 11) is 0. The van der Waals surface area contributed by atoms with E-state index in [-0.39, 0.29) is 18.1 Å². The van der Waals surface area contributed by atoms with Crippen LogP contribution in [0.1, 0.15) is 52.4 Å². The number of carboxylic acid groups (broad SMARTS) is 1. The highest BCUT2D eigenvalue weighted by Gasteiger charge is 2.34. The molecule has 4 unspecified atom stereocenters. The summed E-state index contributed by atoms with van der Waals surface area (Å²) in [6, 6.07) is -0.0431. The summed E-state index contributed by atoms with van der Waals surface area (Å²) in [5.41, 5.74) is 0. The van der Waals surface area contributed by atoms with Gasteiger partial charge in [0.1, 0.15) is 0 Å². The standard InChI is InChI=1S/C15H26N2O3/c1-10-7-8-11(2)17(9-10)15(20)16-13-6-4-3-5-12(13)14(18)19/h10-13H,3-9H2,1-2H3,(H,16,20)(H,18,19).